The summed E-state index contributed by atoms with van der Waals surface area (Å²) in [6.45, 7) is 2.06. The molecule has 0 saturated carbocycles. The first-order chi connectivity index (χ1) is 11.5. The fourth-order valence-corrected chi connectivity index (χ4v) is 2.97. The smallest absolute Gasteiger partial charge is 0.240 e. The van der Waals surface area contributed by atoms with Gasteiger partial charge < -0.3 is 15.2 Å². The second-order valence-electron chi connectivity index (χ2n) is 5.13. The number of guanidine groups is 1. The molecule has 1 heterocycles. The number of sulfonamides is 1. The monoisotopic (exact) mass is 477 g/mol. The molecule has 0 aliphatic carbocycles. The molecule has 2 rings (SSSR count). The van der Waals surface area contributed by atoms with Gasteiger partial charge in [-0.1, -0.05) is 12.1 Å². The van der Waals surface area contributed by atoms with E-state index in [1.54, 1.807) is 25.2 Å². The van der Waals surface area contributed by atoms with Crippen LogP contribution in [0.5, 0.6) is 0 Å². The Labute approximate surface area is 166 Å². The normalized spacial score (nSPS) is 11.7. The molecule has 0 fully saturated rings. The summed E-state index contributed by atoms with van der Waals surface area (Å²) in [5, 5.41) is 6.40. The highest BCUT2D eigenvalue weighted by Gasteiger charge is 2.11. The van der Waals surface area contributed by atoms with Crippen LogP contribution in [-0.4, -0.2) is 39.6 Å². The molecule has 3 N–H and O–H groups in total. The molecule has 138 valence electrons. The van der Waals surface area contributed by atoms with Crippen LogP contribution in [0.1, 0.15) is 5.56 Å². The Morgan fingerprint density at radius 1 is 1.16 bits per heavy atom. The minimum Gasteiger partial charge on any atom is -0.355 e. The van der Waals surface area contributed by atoms with Crippen molar-refractivity contribution in [3.63, 3.8) is 0 Å². The summed E-state index contributed by atoms with van der Waals surface area (Å²) < 4.78 is 28.1. The second-order valence-corrected chi connectivity index (χ2v) is 7.01. The SMILES string of the molecule is CN=C(NCCn1cccc1)NCc1cccc(S(=O)(=O)NC)c1.I. The Morgan fingerprint density at radius 3 is 2.52 bits per heavy atom. The van der Waals surface area contributed by atoms with Crippen molar-refractivity contribution in [3.8, 4) is 0 Å². The lowest BCUT2D eigenvalue weighted by atomic mass is 10.2. The number of benzene rings is 1. The van der Waals surface area contributed by atoms with Crippen molar-refractivity contribution in [3.05, 3.63) is 54.4 Å². The van der Waals surface area contributed by atoms with E-state index >= 15 is 0 Å². The average molecular weight is 477 g/mol. The van der Waals surface area contributed by atoms with E-state index < -0.39 is 10.0 Å². The van der Waals surface area contributed by atoms with Gasteiger partial charge in [0.15, 0.2) is 5.96 Å². The second kappa shape index (κ2) is 10.4. The zero-order valence-corrected chi connectivity index (χ0v) is 17.4. The molecule has 0 aliphatic heterocycles. The first kappa shape index (κ1) is 21.5. The van der Waals surface area contributed by atoms with Gasteiger partial charge in [-0.2, -0.15) is 0 Å². The quantitative estimate of drug-likeness (QED) is 0.320. The van der Waals surface area contributed by atoms with Crippen LogP contribution in [0.2, 0.25) is 0 Å². The highest BCUT2D eigenvalue weighted by Crippen LogP contribution is 2.10. The molecule has 1 aromatic carbocycles. The van der Waals surface area contributed by atoms with Gasteiger partial charge in [0.25, 0.3) is 0 Å². The number of nitrogens with zero attached hydrogens (tertiary/aromatic N) is 2. The number of hydrogen-bond acceptors (Lipinski definition) is 3. The summed E-state index contributed by atoms with van der Waals surface area (Å²) in [6.07, 6.45) is 4.01. The van der Waals surface area contributed by atoms with Gasteiger partial charge in [0.2, 0.25) is 10.0 Å². The fourth-order valence-electron chi connectivity index (χ4n) is 2.17. The summed E-state index contributed by atoms with van der Waals surface area (Å²) in [7, 11) is -0.330. The number of aliphatic imine (C=N–C) groups is 1. The molecule has 25 heavy (non-hydrogen) atoms. The molecule has 1 aromatic heterocycles. The van der Waals surface area contributed by atoms with Crippen LogP contribution >= 0.6 is 24.0 Å². The van der Waals surface area contributed by atoms with E-state index in [9.17, 15) is 8.42 Å². The lowest BCUT2D eigenvalue weighted by Crippen LogP contribution is -2.38. The van der Waals surface area contributed by atoms with Gasteiger partial charge in [-0.3, -0.25) is 4.99 Å². The Bertz CT molecular complexity index is 776. The molecule has 7 nitrogen and oxygen atoms in total. The van der Waals surface area contributed by atoms with Crippen molar-refractivity contribution in [1.82, 2.24) is 19.9 Å². The topological polar surface area (TPSA) is 87.5 Å². The average Bonchev–Trinajstić information content (AvgIpc) is 3.11. The Hall–Kier alpha value is -1.59. The van der Waals surface area contributed by atoms with Crippen molar-refractivity contribution >= 4 is 40.0 Å². The fraction of sp³-hybridized carbons (Fsp3) is 0.312. The summed E-state index contributed by atoms with van der Waals surface area (Å²) in [6, 6.07) is 10.8. The van der Waals surface area contributed by atoms with Gasteiger partial charge >= 0.3 is 0 Å². The molecule has 0 spiro atoms. The zero-order valence-electron chi connectivity index (χ0n) is 14.3. The predicted molar refractivity (Wildman–Crippen MR) is 111 cm³/mol. The van der Waals surface area contributed by atoms with E-state index in [4.69, 9.17) is 0 Å². The van der Waals surface area contributed by atoms with Gasteiger partial charge in [-0.15, -0.1) is 24.0 Å². The van der Waals surface area contributed by atoms with Crippen molar-refractivity contribution < 1.29 is 8.42 Å². The number of aromatic nitrogens is 1. The van der Waals surface area contributed by atoms with Gasteiger partial charge in [0.05, 0.1) is 4.90 Å². The Kier molecular flexibility index (Phi) is 8.93. The third-order valence-corrected chi connectivity index (χ3v) is 4.90. The first-order valence-corrected chi connectivity index (χ1v) is 9.11. The van der Waals surface area contributed by atoms with E-state index in [-0.39, 0.29) is 28.9 Å². The molecule has 0 amide bonds. The first-order valence-electron chi connectivity index (χ1n) is 7.63. The van der Waals surface area contributed by atoms with Crippen molar-refractivity contribution in [2.24, 2.45) is 4.99 Å². The summed E-state index contributed by atoms with van der Waals surface area (Å²) >= 11 is 0. The van der Waals surface area contributed by atoms with Gasteiger partial charge in [-0.05, 0) is 36.9 Å². The van der Waals surface area contributed by atoms with Gasteiger partial charge in [0.1, 0.15) is 0 Å². The van der Waals surface area contributed by atoms with Crippen LogP contribution in [0.3, 0.4) is 0 Å². The van der Waals surface area contributed by atoms with E-state index in [2.05, 4.69) is 24.9 Å². The van der Waals surface area contributed by atoms with E-state index in [0.717, 1.165) is 18.7 Å². The largest absolute Gasteiger partial charge is 0.355 e. The summed E-state index contributed by atoms with van der Waals surface area (Å²) in [5.41, 5.74) is 0.861. The van der Waals surface area contributed by atoms with E-state index in [1.807, 2.05) is 30.6 Å². The molecule has 0 atom stereocenters. The molecule has 0 saturated heterocycles. The zero-order chi connectivity index (χ0) is 17.4. The molecular weight excluding hydrogens is 453 g/mol. The molecular formula is C16H24IN5O2S. The van der Waals surface area contributed by atoms with Crippen LogP contribution < -0.4 is 15.4 Å². The maximum absolute atomic E-state index is 11.8. The number of halogens is 1. The third-order valence-electron chi connectivity index (χ3n) is 3.49. The van der Waals surface area contributed by atoms with E-state index in [1.165, 1.54) is 7.05 Å². The molecule has 2 aromatic rings. The van der Waals surface area contributed by atoms with E-state index in [0.29, 0.717) is 12.5 Å². The molecule has 9 heteroatoms. The number of rotatable bonds is 7. The van der Waals surface area contributed by atoms with Crippen molar-refractivity contribution in [1.29, 1.82) is 0 Å². The van der Waals surface area contributed by atoms with Crippen LogP contribution in [-0.2, 0) is 23.1 Å². The Morgan fingerprint density at radius 2 is 1.88 bits per heavy atom. The van der Waals surface area contributed by atoms with Crippen LogP contribution in [0, 0.1) is 0 Å². The molecule has 0 aliphatic rings. The minimum absolute atomic E-state index is 0. The lowest BCUT2D eigenvalue weighted by Gasteiger charge is -2.13. The van der Waals surface area contributed by atoms with Crippen LogP contribution in [0.15, 0.2) is 58.7 Å². The third kappa shape index (κ3) is 6.67. The van der Waals surface area contributed by atoms with Crippen molar-refractivity contribution in [2.45, 2.75) is 18.0 Å². The highest BCUT2D eigenvalue weighted by molar-refractivity contribution is 14.0. The standard InChI is InChI=1S/C16H23N5O2S.HI/c1-17-16(19-8-11-21-9-3-4-10-21)20-13-14-6-5-7-15(12-14)24(22,23)18-2;/h3-7,9-10,12,18H,8,11,13H2,1-2H3,(H2,17,19,20);1H. The maximum atomic E-state index is 11.8. The number of nitrogens with one attached hydrogen (secondary N) is 3. The highest BCUT2D eigenvalue weighted by atomic mass is 127. The maximum Gasteiger partial charge on any atom is 0.240 e. The summed E-state index contributed by atoms with van der Waals surface area (Å²) in [5.74, 6) is 0.670. The minimum atomic E-state index is -3.43. The molecule has 0 radical (unpaired) electrons. The predicted octanol–water partition coefficient (Wildman–Crippen LogP) is 1.38. The number of hydrogen-bond donors (Lipinski definition) is 3. The Balaban J connectivity index is 0.00000312. The van der Waals surface area contributed by atoms with Gasteiger partial charge in [0, 0.05) is 39.1 Å². The lowest BCUT2D eigenvalue weighted by molar-refractivity contribution is 0.588. The van der Waals surface area contributed by atoms with Crippen LogP contribution in [0.25, 0.3) is 0 Å². The summed E-state index contributed by atoms with van der Waals surface area (Å²) in [4.78, 5) is 4.41. The van der Waals surface area contributed by atoms with Gasteiger partial charge in [-0.25, -0.2) is 13.1 Å². The van der Waals surface area contributed by atoms with Crippen molar-refractivity contribution in [2.75, 3.05) is 20.6 Å². The molecule has 0 bridgehead atoms. The molecule has 0 unspecified atom stereocenters. The van der Waals surface area contributed by atoms with Crippen LogP contribution in [0.4, 0.5) is 0 Å².